The van der Waals surface area contributed by atoms with E-state index < -0.39 is 0 Å². The average molecular weight is 213 g/mol. The molecule has 1 aliphatic heterocycles. The summed E-state index contributed by atoms with van der Waals surface area (Å²) in [7, 11) is 3.30. The van der Waals surface area contributed by atoms with Gasteiger partial charge in [0.05, 0.1) is 0 Å². The first-order valence-electron chi connectivity index (χ1n) is 5.30. The molecule has 0 saturated carbocycles. The van der Waals surface area contributed by atoms with Crippen molar-refractivity contribution in [3.05, 3.63) is 0 Å². The van der Waals surface area contributed by atoms with Crippen molar-refractivity contribution in [1.82, 2.24) is 15.5 Å². The van der Waals surface area contributed by atoms with E-state index in [4.69, 9.17) is 0 Å². The van der Waals surface area contributed by atoms with Crippen molar-refractivity contribution in [3.63, 3.8) is 0 Å². The van der Waals surface area contributed by atoms with Gasteiger partial charge in [0, 0.05) is 26.7 Å². The van der Waals surface area contributed by atoms with E-state index in [1.165, 1.54) is 4.90 Å². The largest absolute Gasteiger partial charge is 0.352 e. The van der Waals surface area contributed by atoms with Crippen LogP contribution < -0.4 is 10.6 Å². The van der Waals surface area contributed by atoms with Gasteiger partial charge in [-0.3, -0.25) is 9.59 Å². The van der Waals surface area contributed by atoms with Gasteiger partial charge in [-0.15, -0.1) is 0 Å². The van der Waals surface area contributed by atoms with Gasteiger partial charge in [-0.25, -0.2) is 0 Å². The molecule has 2 amide bonds. The van der Waals surface area contributed by atoms with Crippen molar-refractivity contribution in [2.45, 2.75) is 25.3 Å². The Morgan fingerprint density at radius 1 is 1.47 bits per heavy atom. The van der Waals surface area contributed by atoms with Crippen LogP contribution in [0.5, 0.6) is 0 Å². The van der Waals surface area contributed by atoms with E-state index in [0.29, 0.717) is 0 Å². The Morgan fingerprint density at radius 3 is 2.73 bits per heavy atom. The normalized spacial score (nSPS) is 20.8. The van der Waals surface area contributed by atoms with Gasteiger partial charge in [0.1, 0.15) is 6.42 Å². The monoisotopic (exact) mass is 213 g/mol. The second-order valence-electron chi connectivity index (χ2n) is 4.08. The van der Waals surface area contributed by atoms with Crippen LogP contribution in [0.25, 0.3) is 0 Å². The summed E-state index contributed by atoms with van der Waals surface area (Å²) < 4.78 is 0. The summed E-state index contributed by atoms with van der Waals surface area (Å²) in [5.41, 5.74) is 0. The number of amides is 2. The Balaban J connectivity index is 2.25. The second-order valence-corrected chi connectivity index (χ2v) is 4.08. The van der Waals surface area contributed by atoms with Crippen LogP contribution in [-0.4, -0.2) is 49.9 Å². The third-order valence-electron chi connectivity index (χ3n) is 2.47. The minimum atomic E-state index is -0.178. The van der Waals surface area contributed by atoms with E-state index in [9.17, 15) is 9.59 Å². The Kier molecular flexibility index (Phi) is 4.55. The van der Waals surface area contributed by atoms with Gasteiger partial charge in [-0.05, 0) is 19.4 Å². The second kappa shape index (κ2) is 5.70. The van der Waals surface area contributed by atoms with Gasteiger partial charge >= 0.3 is 0 Å². The Bertz CT molecular complexity index is 235. The van der Waals surface area contributed by atoms with Crippen molar-refractivity contribution in [3.8, 4) is 0 Å². The van der Waals surface area contributed by atoms with Crippen molar-refractivity contribution in [2.75, 3.05) is 27.2 Å². The summed E-state index contributed by atoms with van der Waals surface area (Å²) in [4.78, 5) is 24.1. The summed E-state index contributed by atoms with van der Waals surface area (Å²) >= 11 is 0. The predicted molar refractivity (Wildman–Crippen MR) is 57.3 cm³/mol. The number of rotatable bonds is 3. The van der Waals surface area contributed by atoms with Crippen molar-refractivity contribution >= 4 is 11.8 Å². The topological polar surface area (TPSA) is 61.4 Å². The molecule has 0 radical (unpaired) electrons. The number of hydrogen-bond donors (Lipinski definition) is 2. The first-order valence-corrected chi connectivity index (χ1v) is 5.30. The highest BCUT2D eigenvalue weighted by Gasteiger charge is 2.17. The molecular weight excluding hydrogens is 194 g/mol. The molecule has 2 N–H and O–H groups in total. The van der Waals surface area contributed by atoms with Gasteiger partial charge in [0.2, 0.25) is 11.8 Å². The number of nitrogens with one attached hydrogen (secondary N) is 2. The molecule has 0 aromatic heterocycles. The minimum absolute atomic E-state index is 0.0521. The number of piperidine rings is 1. The van der Waals surface area contributed by atoms with Crippen LogP contribution in [0.15, 0.2) is 0 Å². The highest BCUT2D eigenvalue weighted by molar-refractivity contribution is 5.96. The van der Waals surface area contributed by atoms with Gasteiger partial charge in [-0.1, -0.05) is 0 Å². The Labute approximate surface area is 90.2 Å². The van der Waals surface area contributed by atoms with Gasteiger partial charge < -0.3 is 15.5 Å². The van der Waals surface area contributed by atoms with Crippen molar-refractivity contribution < 1.29 is 9.59 Å². The third kappa shape index (κ3) is 4.29. The van der Waals surface area contributed by atoms with Crippen molar-refractivity contribution in [1.29, 1.82) is 0 Å². The summed E-state index contributed by atoms with van der Waals surface area (Å²) in [5, 5.41) is 6.06. The molecule has 86 valence electrons. The van der Waals surface area contributed by atoms with Gasteiger partial charge in [0.15, 0.2) is 0 Å². The maximum atomic E-state index is 11.4. The molecule has 15 heavy (non-hydrogen) atoms. The average Bonchev–Trinajstić information content (AvgIpc) is 2.18. The zero-order valence-corrected chi connectivity index (χ0v) is 9.38. The molecule has 0 bridgehead atoms. The first kappa shape index (κ1) is 12.0. The maximum Gasteiger partial charge on any atom is 0.231 e. The molecule has 0 unspecified atom stereocenters. The molecule has 5 heteroatoms. The molecule has 5 nitrogen and oxygen atoms in total. The minimum Gasteiger partial charge on any atom is -0.352 e. The number of carbonyl (C=O) groups is 2. The fourth-order valence-corrected chi connectivity index (χ4v) is 1.55. The van der Waals surface area contributed by atoms with E-state index in [-0.39, 0.29) is 24.3 Å². The van der Waals surface area contributed by atoms with Crippen LogP contribution in [-0.2, 0) is 9.59 Å². The standard InChI is InChI=1S/C10H19N3O2/c1-13(2)10(15)6-9(14)12-8-4-3-5-11-7-8/h8,11H,3-7H2,1-2H3,(H,12,14)/t8-/m1/s1. The van der Waals surface area contributed by atoms with Crippen LogP contribution in [0.3, 0.4) is 0 Å². The Morgan fingerprint density at radius 2 is 2.20 bits per heavy atom. The number of nitrogens with zero attached hydrogens (tertiary/aromatic N) is 1. The van der Waals surface area contributed by atoms with Crippen LogP contribution in [0.1, 0.15) is 19.3 Å². The highest BCUT2D eigenvalue weighted by atomic mass is 16.2. The molecule has 0 aliphatic carbocycles. The predicted octanol–water partition coefficient (Wildman–Crippen LogP) is -0.667. The van der Waals surface area contributed by atoms with E-state index >= 15 is 0 Å². The zero-order chi connectivity index (χ0) is 11.3. The molecule has 1 heterocycles. The number of hydrogen-bond acceptors (Lipinski definition) is 3. The lowest BCUT2D eigenvalue weighted by Gasteiger charge is -2.23. The molecule has 0 aromatic rings. The maximum absolute atomic E-state index is 11.4. The van der Waals surface area contributed by atoms with Crippen LogP contribution in [0.4, 0.5) is 0 Å². The molecule has 1 saturated heterocycles. The molecule has 0 spiro atoms. The van der Waals surface area contributed by atoms with Gasteiger partial charge in [-0.2, -0.15) is 0 Å². The molecule has 1 rings (SSSR count). The van der Waals surface area contributed by atoms with Crippen molar-refractivity contribution in [2.24, 2.45) is 0 Å². The number of carbonyl (C=O) groups excluding carboxylic acids is 2. The lowest BCUT2D eigenvalue weighted by Crippen LogP contribution is -2.46. The van der Waals surface area contributed by atoms with Crippen LogP contribution >= 0.6 is 0 Å². The lowest BCUT2D eigenvalue weighted by molar-refractivity contribution is -0.134. The van der Waals surface area contributed by atoms with E-state index in [2.05, 4.69) is 10.6 Å². The molecule has 0 aromatic carbocycles. The molecular formula is C10H19N3O2. The Hall–Kier alpha value is -1.10. The summed E-state index contributed by atoms with van der Waals surface area (Å²) in [6, 6.07) is 0.182. The fourth-order valence-electron chi connectivity index (χ4n) is 1.55. The summed E-state index contributed by atoms with van der Waals surface area (Å²) in [6.45, 7) is 1.82. The van der Waals surface area contributed by atoms with E-state index in [0.717, 1.165) is 25.9 Å². The van der Waals surface area contributed by atoms with E-state index in [1.807, 2.05) is 0 Å². The zero-order valence-electron chi connectivity index (χ0n) is 9.38. The molecule has 1 aliphatic rings. The lowest BCUT2D eigenvalue weighted by atomic mass is 10.1. The van der Waals surface area contributed by atoms with Crippen LogP contribution in [0.2, 0.25) is 0 Å². The SMILES string of the molecule is CN(C)C(=O)CC(=O)N[C@@H]1CCCNC1. The third-order valence-corrected chi connectivity index (χ3v) is 2.47. The van der Waals surface area contributed by atoms with Gasteiger partial charge in [0.25, 0.3) is 0 Å². The summed E-state index contributed by atoms with van der Waals surface area (Å²) in [5.74, 6) is -0.335. The quantitative estimate of drug-likeness (QED) is 0.611. The summed E-state index contributed by atoms with van der Waals surface area (Å²) in [6.07, 6.45) is 2.02. The highest BCUT2D eigenvalue weighted by Crippen LogP contribution is 2.01. The smallest absolute Gasteiger partial charge is 0.231 e. The first-order chi connectivity index (χ1) is 7.09. The van der Waals surface area contributed by atoms with Crippen LogP contribution in [0, 0.1) is 0 Å². The molecule has 1 fully saturated rings. The van der Waals surface area contributed by atoms with E-state index in [1.54, 1.807) is 14.1 Å². The molecule has 1 atom stereocenters. The fraction of sp³-hybridized carbons (Fsp3) is 0.800.